The molecule has 0 aliphatic rings. The SMILES string of the molecule is Oc1ccc(-c2ccc(Cl)cc2)c2cccnc12. The van der Waals surface area contributed by atoms with Gasteiger partial charge in [0, 0.05) is 16.6 Å². The van der Waals surface area contributed by atoms with E-state index in [9.17, 15) is 5.11 Å². The first-order valence-corrected chi connectivity index (χ1v) is 5.96. The Bertz CT molecular complexity index is 707. The fourth-order valence-electron chi connectivity index (χ4n) is 2.04. The summed E-state index contributed by atoms with van der Waals surface area (Å²) in [5, 5.41) is 11.4. The lowest BCUT2D eigenvalue weighted by molar-refractivity contribution is 0.480. The third-order valence-corrected chi connectivity index (χ3v) is 3.16. The second-order valence-electron chi connectivity index (χ2n) is 4.04. The molecule has 3 aromatic rings. The van der Waals surface area contributed by atoms with Gasteiger partial charge in [0.05, 0.1) is 0 Å². The van der Waals surface area contributed by atoms with Gasteiger partial charge in [-0.1, -0.05) is 29.8 Å². The van der Waals surface area contributed by atoms with Crippen LogP contribution in [0.4, 0.5) is 0 Å². The summed E-state index contributed by atoms with van der Waals surface area (Å²) in [6, 6.07) is 15.0. The number of pyridine rings is 1. The topological polar surface area (TPSA) is 33.1 Å². The normalized spacial score (nSPS) is 10.7. The van der Waals surface area contributed by atoms with Crippen LogP contribution < -0.4 is 0 Å². The highest BCUT2D eigenvalue weighted by Gasteiger charge is 2.07. The fraction of sp³-hybridized carbons (Fsp3) is 0. The number of hydrogen-bond acceptors (Lipinski definition) is 2. The highest BCUT2D eigenvalue weighted by molar-refractivity contribution is 6.30. The van der Waals surface area contributed by atoms with E-state index in [1.807, 2.05) is 42.5 Å². The van der Waals surface area contributed by atoms with Crippen molar-refractivity contribution in [2.75, 3.05) is 0 Å². The molecule has 88 valence electrons. The van der Waals surface area contributed by atoms with Gasteiger partial charge in [-0.15, -0.1) is 0 Å². The van der Waals surface area contributed by atoms with Gasteiger partial charge in [0.2, 0.25) is 0 Å². The van der Waals surface area contributed by atoms with Gasteiger partial charge in [-0.2, -0.15) is 0 Å². The lowest BCUT2D eigenvalue weighted by Gasteiger charge is -2.07. The van der Waals surface area contributed by atoms with E-state index in [-0.39, 0.29) is 5.75 Å². The van der Waals surface area contributed by atoms with Crippen LogP contribution >= 0.6 is 11.6 Å². The molecule has 3 heteroatoms. The van der Waals surface area contributed by atoms with Crippen molar-refractivity contribution in [1.29, 1.82) is 0 Å². The average Bonchev–Trinajstić information content (AvgIpc) is 2.41. The Balaban J connectivity index is 2.30. The Labute approximate surface area is 109 Å². The van der Waals surface area contributed by atoms with Gasteiger partial charge >= 0.3 is 0 Å². The monoisotopic (exact) mass is 255 g/mol. The fourth-order valence-corrected chi connectivity index (χ4v) is 2.16. The van der Waals surface area contributed by atoms with Crippen LogP contribution in [0.15, 0.2) is 54.7 Å². The molecule has 1 N–H and O–H groups in total. The molecule has 0 saturated carbocycles. The summed E-state index contributed by atoms with van der Waals surface area (Å²) < 4.78 is 0. The molecule has 0 bridgehead atoms. The average molecular weight is 256 g/mol. The Morgan fingerprint density at radius 2 is 1.72 bits per heavy atom. The minimum Gasteiger partial charge on any atom is -0.506 e. The van der Waals surface area contributed by atoms with Gasteiger partial charge in [-0.05, 0) is 41.5 Å². The molecule has 1 aromatic heterocycles. The maximum absolute atomic E-state index is 9.80. The molecule has 0 aliphatic heterocycles. The minimum atomic E-state index is 0.198. The molecule has 0 fully saturated rings. The van der Waals surface area contributed by atoms with Crippen molar-refractivity contribution in [2.24, 2.45) is 0 Å². The minimum absolute atomic E-state index is 0.198. The summed E-state index contributed by atoms with van der Waals surface area (Å²) in [4.78, 5) is 4.21. The Kier molecular flexibility index (Phi) is 2.65. The molecule has 0 spiro atoms. The number of rotatable bonds is 1. The highest BCUT2D eigenvalue weighted by Crippen LogP contribution is 2.32. The lowest BCUT2D eigenvalue weighted by Crippen LogP contribution is -1.84. The second-order valence-corrected chi connectivity index (χ2v) is 4.48. The zero-order chi connectivity index (χ0) is 12.5. The number of halogens is 1. The van der Waals surface area contributed by atoms with E-state index in [0.717, 1.165) is 16.5 Å². The molecule has 1 heterocycles. The van der Waals surface area contributed by atoms with Crippen molar-refractivity contribution < 1.29 is 5.11 Å². The number of benzene rings is 2. The quantitative estimate of drug-likeness (QED) is 0.705. The molecule has 2 aromatic carbocycles. The van der Waals surface area contributed by atoms with E-state index in [0.29, 0.717) is 10.5 Å². The smallest absolute Gasteiger partial charge is 0.141 e. The molecule has 3 rings (SSSR count). The molecule has 0 unspecified atom stereocenters. The van der Waals surface area contributed by atoms with E-state index < -0.39 is 0 Å². The van der Waals surface area contributed by atoms with E-state index in [1.54, 1.807) is 12.3 Å². The number of fused-ring (bicyclic) bond motifs is 1. The summed E-state index contributed by atoms with van der Waals surface area (Å²) in [6.45, 7) is 0. The number of hydrogen-bond donors (Lipinski definition) is 1. The van der Waals surface area contributed by atoms with Crippen LogP contribution in [0.1, 0.15) is 0 Å². The van der Waals surface area contributed by atoms with Gasteiger partial charge < -0.3 is 5.11 Å². The van der Waals surface area contributed by atoms with E-state index >= 15 is 0 Å². The summed E-state index contributed by atoms with van der Waals surface area (Å²) in [6.07, 6.45) is 1.67. The van der Waals surface area contributed by atoms with Crippen LogP contribution in [-0.2, 0) is 0 Å². The van der Waals surface area contributed by atoms with Crippen LogP contribution in [0.5, 0.6) is 5.75 Å². The van der Waals surface area contributed by atoms with Crippen molar-refractivity contribution in [1.82, 2.24) is 4.98 Å². The number of aromatic nitrogens is 1. The number of aromatic hydroxyl groups is 1. The Morgan fingerprint density at radius 1 is 0.944 bits per heavy atom. The third-order valence-electron chi connectivity index (χ3n) is 2.90. The molecule has 0 atom stereocenters. The summed E-state index contributed by atoms with van der Waals surface area (Å²) in [7, 11) is 0. The molecule has 0 radical (unpaired) electrons. The van der Waals surface area contributed by atoms with E-state index in [1.165, 1.54) is 0 Å². The van der Waals surface area contributed by atoms with Crippen LogP contribution in [-0.4, -0.2) is 10.1 Å². The summed E-state index contributed by atoms with van der Waals surface area (Å²) >= 11 is 5.89. The van der Waals surface area contributed by atoms with Crippen LogP contribution in [0.3, 0.4) is 0 Å². The first-order valence-electron chi connectivity index (χ1n) is 5.58. The molecule has 18 heavy (non-hydrogen) atoms. The van der Waals surface area contributed by atoms with Crippen LogP contribution in [0.25, 0.3) is 22.0 Å². The summed E-state index contributed by atoms with van der Waals surface area (Å²) in [5.74, 6) is 0.198. The number of nitrogens with zero attached hydrogens (tertiary/aromatic N) is 1. The van der Waals surface area contributed by atoms with Gasteiger partial charge in [0.1, 0.15) is 11.3 Å². The zero-order valence-electron chi connectivity index (χ0n) is 9.47. The van der Waals surface area contributed by atoms with Gasteiger partial charge in [0.25, 0.3) is 0 Å². The lowest BCUT2D eigenvalue weighted by atomic mass is 10.0. The molecule has 0 aliphatic carbocycles. The van der Waals surface area contributed by atoms with Crippen molar-refractivity contribution in [2.45, 2.75) is 0 Å². The van der Waals surface area contributed by atoms with Gasteiger partial charge in [-0.3, -0.25) is 4.98 Å². The Morgan fingerprint density at radius 3 is 2.50 bits per heavy atom. The van der Waals surface area contributed by atoms with E-state index in [2.05, 4.69) is 4.98 Å². The van der Waals surface area contributed by atoms with Gasteiger partial charge in [-0.25, -0.2) is 0 Å². The largest absolute Gasteiger partial charge is 0.506 e. The number of phenols is 1. The van der Waals surface area contributed by atoms with Crippen molar-refractivity contribution >= 4 is 22.5 Å². The molecule has 0 saturated heterocycles. The maximum Gasteiger partial charge on any atom is 0.141 e. The molecular weight excluding hydrogens is 246 g/mol. The van der Waals surface area contributed by atoms with Crippen LogP contribution in [0, 0.1) is 0 Å². The van der Waals surface area contributed by atoms with Crippen molar-refractivity contribution in [3.05, 3.63) is 59.8 Å². The first-order chi connectivity index (χ1) is 8.75. The van der Waals surface area contributed by atoms with E-state index in [4.69, 9.17) is 11.6 Å². The molecule has 2 nitrogen and oxygen atoms in total. The number of phenolic OH excluding ortho intramolecular Hbond substituents is 1. The highest BCUT2D eigenvalue weighted by atomic mass is 35.5. The third kappa shape index (κ3) is 1.81. The Hall–Kier alpha value is -2.06. The molecular formula is C15H10ClNO. The predicted molar refractivity (Wildman–Crippen MR) is 73.9 cm³/mol. The standard InChI is InChI=1S/C15H10ClNO/c16-11-5-3-10(4-6-11)12-7-8-14(18)15-13(12)2-1-9-17-15/h1-9,18H. The van der Waals surface area contributed by atoms with Crippen LogP contribution in [0.2, 0.25) is 5.02 Å². The predicted octanol–water partition coefficient (Wildman–Crippen LogP) is 4.26. The maximum atomic E-state index is 9.80. The van der Waals surface area contributed by atoms with Crippen molar-refractivity contribution in [3.63, 3.8) is 0 Å². The van der Waals surface area contributed by atoms with Gasteiger partial charge in [0.15, 0.2) is 0 Å². The van der Waals surface area contributed by atoms with Crippen molar-refractivity contribution in [3.8, 4) is 16.9 Å². The second kappa shape index (κ2) is 4.31. The summed E-state index contributed by atoms with van der Waals surface area (Å²) in [5.41, 5.74) is 2.70. The molecule has 0 amide bonds. The first kappa shape index (κ1) is 11.1. The zero-order valence-corrected chi connectivity index (χ0v) is 10.2.